The molecule has 3 nitrogen and oxygen atoms in total. The molecule has 0 saturated heterocycles. The molecule has 61 valence electrons. The van der Waals surface area contributed by atoms with Crippen LogP contribution >= 0.6 is 40.0 Å². The van der Waals surface area contributed by atoms with Crippen molar-refractivity contribution in [2.24, 2.45) is 5.73 Å². The van der Waals surface area contributed by atoms with Gasteiger partial charge in [-0.05, 0) is 6.42 Å². The number of hydrogen-bond acceptors (Lipinski definition) is 2. The molecule has 0 rings (SSSR count). The summed E-state index contributed by atoms with van der Waals surface area (Å²) in [7, 11) is 0.628. The van der Waals surface area contributed by atoms with Gasteiger partial charge in [-0.2, -0.15) is 0 Å². The molecule has 0 spiro atoms. The summed E-state index contributed by atoms with van der Waals surface area (Å²) in [4.78, 5) is 9.81. The van der Waals surface area contributed by atoms with Crippen molar-refractivity contribution in [2.45, 2.75) is 19.4 Å². The van der Waals surface area contributed by atoms with E-state index in [4.69, 9.17) is 10.8 Å². The van der Waals surface area contributed by atoms with E-state index in [1.165, 1.54) is 0 Å². The third kappa shape index (κ3) is 12.2. The second kappa shape index (κ2) is 10.5. The normalized spacial score (nSPS) is 10.8. The molecule has 10 heavy (non-hydrogen) atoms. The zero-order valence-electron chi connectivity index (χ0n) is 5.42. The minimum atomic E-state index is -0.928. The predicted octanol–water partition coefficient (Wildman–Crippen LogP) is 1.58. The van der Waals surface area contributed by atoms with Crippen LogP contribution in [-0.4, -0.2) is 17.1 Å². The Morgan fingerprint density at radius 3 is 2.10 bits per heavy atom. The molecule has 3 N–H and O–H groups in total. The van der Waals surface area contributed by atoms with Gasteiger partial charge in [0.25, 0.3) is 0 Å². The molecule has 0 aromatic carbocycles. The van der Waals surface area contributed by atoms with Crippen LogP contribution in [0.4, 0.5) is 0 Å². The van der Waals surface area contributed by atoms with Crippen molar-refractivity contribution in [3.63, 3.8) is 0 Å². The van der Waals surface area contributed by atoms with Crippen LogP contribution in [0.2, 0.25) is 0 Å². The number of aliphatic carboxylic acids is 1. The molecule has 1 unspecified atom stereocenters. The fraction of sp³-hybridized carbons (Fsp3) is 0.750. The number of rotatable bonds is 2. The maximum atomic E-state index is 9.81. The standard InChI is InChI=1S/C4H9NO2.2HI.V/c1-2-3(5)4(6)7;;;/h3H,2,5H2,1H3,(H,6,7);2*1H;/q;;;+2/p-2. The van der Waals surface area contributed by atoms with E-state index in [9.17, 15) is 4.79 Å². The van der Waals surface area contributed by atoms with Crippen LogP contribution in [0.5, 0.6) is 0 Å². The van der Waals surface area contributed by atoms with Crippen LogP contribution in [0.15, 0.2) is 0 Å². The molecule has 0 aliphatic rings. The molecule has 0 fully saturated rings. The van der Waals surface area contributed by atoms with Gasteiger partial charge in [-0.25, -0.2) is 0 Å². The summed E-state index contributed by atoms with van der Waals surface area (Å²) < 4.78 is 0. The molecule has 0 aliphatic carbocycles. The van der Waals surface area contributed by atoms with Crippen molar-refractivity contribution in [3.05, 3.63) is 0 Å². The van der Waals surface area contributed by atoms with Gasteiger partial charge in [0, 0.05) is 0 Å². The number of carboxylic acids is 1. The van der Waals surface area contributed by atoms with Gasteiger partial charge in [0.15, 0.2) is 0 Å². The van der Waals surface area contributed by atoms with E-state index in [0.717, 1.165) is 0 Å². The third-order valence-corrected chi connectivity index (χ3v) is 0.757. The number of carboxylic acid groups (broad SMARTS) is 1. The fourth-order valence-corrected chi connectivity index (χ4v) is 0.175. The SMILES string of the molecule is CCC(N)C(=O)O.[I][V][I]. The fourth-order valence-electron chi connectivity index (χ4n) is 0.175. The molecule has 0 radical (unpaired) electrons. The van der Waals surface area contributed by atoms with Gasteiger partial charge in [-0.1, -0.05) is 6.92 Å². The molecule has 0 bridgehead atoms. The summed E-state index contributed by atoms with van der Waals surface area (Å²) in [6, 6.07) is -0.681. The van der Waals surface area contributed by atoms with Gasteiger partial charge in [0.2, 0.25) is 0 Å². The van der Waals surface area contributed by atoms with E-state index in [0.29, 0.717) is 15.9 Å². The molecule has 0 saturated carbocycles. The Balaban J connectivity index is 0. The topological polar surface area (TPSA) is 63.3 Å². The molecule has 1 atom stereocenters. The van der Waals surface area contributed by atoms with E-state index in [1.54, 1.807) is 6.92 Å². The van der Waals surface area contributed by atoms with Crippen LogP contribution in [0, 0.1) is 0 Å². The zero-order chi connectivity index (χ0) is 8.57. The molecule has 0 aliphatic heterocycles. The molecule has 6 heteroatoms. The Hall–Kier alpha value is 1.47. The van der Waals surface area contributed by atoms with Gasteiger partial charge >= 0.3 is 55.4 Å². The van der Waals surface area contributed by atoms with Crippen molar-refractivity contribution >= 4 is 45.9 Å². The number of nitrogens with two attached hydrogens (primary N) is 1. The third-order valence-electron chi connectivity index (χ3n) is 0.757. The van der Waals surface area contributed by atoms with Gasteiger partial charge < -0.3 is 10.8 Å². The summed E-state index contributed by atoms with van der Waals surface area (Å²) in [6.45, 7) is 1.73. The van der Waals surface area contributed by atoms with Gasteiger partial charge in [0.1, 0.15) is 6.04 Å². The average molecular weight is 408 g/mol. The second-order valence-corrected chi connectivity index (χ2v) is 13.2. The van der Waals surface area contributed by atoms with Crippen molar-refractivity contribution in [1.82, 2.24) is 0 Å². The molecule has 0 heterocycles. The summed E-state index contributed by atoms with van der Waals surface area (Å²) in [5.41, 5.74) is 5.02. The van der Waals surface area contributed by atoms with Gasteiger partial charge in [-0.3, -0.25) is 4.79 Å². The molecular formula is C4H9I2NO2V. The molecular weight excluding hydrogens is 399 g/mol. The quantitative estimate of drug-likeness (QED) is 0.683. The van der Waals surface area contributed by atoms with Gasteiger partial charge in [-0.15, -0.1) is 0 Å². The first-order chi connectivity index (χ1) is 4.59. The van der Waals surface area contributed by atoms with E-state index >= 15 is 0 Å². The molecule has 0 aromatic heterocycles. The first kappa shape index (κ1) is 14.0. The summed E-state index contributed by atoms with van der Waals surface area (Å²) in [6.07, 6.45) is 0.495. The Kier molecular flexibility index (Phi) is 14.7. The van der Waals surface area contributed by atoms with Gasteiger partial charge in [0.05, 0.1) is 0 Å². The Morgan fingerprint density at radius 1 is 1.80 bits per heavy atom. The first-order valence-electron chi connectivity index (χ1n) is 2.50. The van der Waals surface area contributed by atoms with Crippen molar-refractivity contribution < 1.29 is 19.4 Å². The number of halogens is 2. The number of hydrogen-bond donors (Lipinski definition) is 2. The molecule has 0 aromatic rings. The Labute approximate surface area is 89.3 Å². The predicted molar refractivity (Wildman–Crippen MR) is 53.9 cm³/mol. The Morgan fingerprint density at radius 2 is 2.10 bits per heavy atom. The van der Waals surface area contributed by atoms with E-state index in [1.807, 2.05) is 0 Å². The second-order valence-electron chi connectivity index (χ2n) is 1.42. The van der Waals surface area contributed by atoms with E-state index in [-0.39, 0.29) is 0 Å². The van der Waals surface area contributed by atoms with Crippen LogP contribution in [0.1, 0.15) is 13.3 Å². The zero-order valence-corrected chi connectivity index (χ0v) is 11.1. The van der Waals surface area contributed by atoms with E-state index in [2.05, 4.69) is 40.0 Å². The van der Waals surface area contributed by atoms with Crippen LogP contribution in [0.25, 0.3) is 0 Å². The number of carbonyl (C=O) groups is 1. The summed E-state index contributed by atoms with van der Waals surface area (Å²) in [5.74, 6) is -0.928. The van der Waals surface area contributed by atoms with E-state index < -0.39 is 12.0 Å². The Bertz CT molecular complexity index is 93.3. The van der Waals surface area contributed by atoms with Crippen molar-refractivity contribution in [3.8, 4) is 0 Å². The van der Waals surface area contributed by atoms with Crippen LogP contribution in [0.3, 0.4) is 0 Å². The molecule has 0 amide bonds. The average Bonchev–Trinajstić information content (AvgIpc) is 1.88. The van der Waals surface area contributed by atoms with Crippen molar-refractivity contribution in [2.75, 3.05) is 0 Å². The van der Waals surface area contributed by atoms with Crippen molar-refractivity contribution in [1.29, 1.82) is 0 Å². The summed E-state index contributed by atoms with van der Waals surface area (Å²) >= 11 is 4.74. The first-order valence-corrected chi connectivity index (χ1v) is 11.5. The monoisotopic (exact) mass is 408 g/mol. The minimum absolute atomic E-state index is 0.495. The summed E-state index contributed by atoms with van der Waals surface area (Å²) in [5, 5.41) is 8.06. The maximum absolute atomic E-state index is 9.81. The van der Waals surface area contributed by atoms with Crippen LogP contribution in [-0.2, 0) is 14.3 Å². The van der Waals surface area contributed by atoms with Crippen LogP contribution < -0.4 is 5.73 Å².